The third kappa shape index (κ3) is 1.90. The molecule has 3 nitrogen and oxygen atoms in total. The molecule has 18 heavy (non-hydrogen) atoms. The molecule has 0 saturated carbocycles. The van der Waals surface area contributed by atoms with Gasteiger partial charge in [0.25, 0.3) is 0 Å². The Morgan fingerprint density at radius 3 is 2.78 bits per heavy atom. The third-order valence-corrected chi connectivity index (χ3v) is 3.90. The molecule has 1 aromatic carbocycles. The first-order chi connectivity index (χ1) is 8.78. The predicted molar refractivity (Wildman–Crippen MR) is 70.3 cm³/mol. The molecule has 1 aromatic rings. The van der Waals surface area contributed by atoms with Crippen LogP contribution >= 0.6 is 0 Å². The van der Waals surface area contributed by atoms with E-state index in [4.69, 9.17) is 4.74 Å². The smallest absolute Gasteiger partial charge is 0.223 e. The molecule has 0 bridgehead atoms. The first-order valence-corrected chi connectivity index (χ1v) is 6.41. The Bertz CT molecular complexity index is 490. The fourth-order valence-corrected chi connectivity index (χ4v) is 2.84. The number of amides is 1. The monoisotopic (exact) mass is 243 g/mol. The van der Waals surface area contributed by atoms with Gasteiger partial charge in [-0.2, -0.15) is 0 Å². The lowest BCUT2D eigenvalue weighted by Gasteiger charge is -2.29. The van der Waals surface area contributed by atoms with Crippen LogP contribution < -0.4 is 4.74 Å². The molecular formula is C15H17NO2. The second-order valence-corrected chi connectivity index (χ2v) is 4.90. The maximum Gasteiger partial charge on any atom is 0.223 e. The molecule has 1 amide bonds. The van der Waals surface area contributed by atoms with Crippen molar-refractivity contribution >= 4 is 11.5 Å². The van der Waals surface area contributed by atoms with Crippen molar-refractivity contribution in [2.75, 3.05) is 13.7 Å². The topological polar surface area (TPSA) is 29.5 Å². The summed E-state index contributed by atoms with van der Waals surface area (Å²) in [5, 5.41) is 0. The summed E-state index contributed by atoms with van der Waals surface area (Å²) in [7, 11) is 1.68. The average molecular weight is 243 g/mol. The fraction of sp³-hybridized carbons (Fsp3) is 0.400. The summed E-state index contributed by atoms with van der Waals surface area (Å²) in [4.78, 5) is 13.6. The van der Waals surface area contributed by atoms with E-state index >= 15 is 0 Å². The summed E-state index contributed by atoms with van der Waals surface area (Å²) in [6.45, 7) is 0.769. The molecule has 0 aromatic heterocycles. The van der Waals surface area contributed by atoms with Gasteiger partial charge in [-0.15, -0.1) is 0 Å². The molecule has 2 heterocycles. The quantitative estimate of drug-likeness (QED) is 0.798. The van der Waals surface area contributed by atoms with Gasteiger partial charge in [-0.25, -0.2) is 0 Å². The molecule has 0 spiro atoms. The van der Waals surface area contributed by atoms with E-state index in [-0.39, 0.29) is 0 Å². The van der Waals surface area contributed by atoms with Gasteiger partial charge in [-0.05, 0) is 36.1 Å². The summed E-state index contributed by atoms with van der Waals surface area (Å²) < 4.78 is 5.17. The summed E-state index contributed by atoms with van der Waals surface area (Å²) in [6, 6.07) is 8.58. The second kappa shape index (κ2) is 4.48. The highest BCUT2D eigenvalue weighted by atomic mass is 16.5. The van der Waals surface area contributed by atoms with Gasteiger partial charge >= 0.3 is 0 Å². The lowest BCUT2D eigenvalue weighted by Crippen LogP contribution is -2.35. The summed E-state index contributed by atoms with van der Waals surface area (Å²) in [5.74, 6) is 1.19. The van der Waals surface area contributed by atoms with Gasteiger partial charge in [-0.3, -0.25) is 4.79 Å². The van der Waals surface area contributed by atoms with Gasteiger partial charge in [0.15, 0.2) is 0 Å². The third-order valence-electron chi connectivity index (χ3n) is 3.90. The van der Waals surface area contributed by atoms with Crippen molar-refractivity contribution in [2.24, 2.45) is 0 Å². The number of hydrogen-bond acceptors (Lipinski definition) is 2. The molecule has 3 heteroatoms. The number of carbonyl (C=O) groups is 1. The Kier molecular flexibility index (Phi) is 2.82. The zero-order valence-corrected chi connectivity index (χ0v) is 10.6. The lowest BCUT2D eigenvalue weighted by atomic mass is 9.94. The van der Waals surface area contributed by atoms with Crippen LogP contribution in [0.15, 0.2) is 30.3 Å². The van der Waals surface area contributed by atoms with Crippen LogP contribution in [0.4, 0.5) is 0 Å². The van der Waals surface area contributed by atoms with E-state index in [1.54, 1.807) is 7.11 Å². The van der Waals surface area contributed by atoms with Gasteiger partial charge in [-0.1, -0.05) is 18.2 Å². The summed E-state index contributed by atoms with van der Waals surface area (Å²) in [5.41, 5.74) is 2.60. The minimum Gasteiger partial charge on any atom is -0.497 e. The van der Waals surface area contributed by atoms with Gasteiger partial charge in [0, 0.05) is 19.0 Å². The van der Waals surface area contributed by atoms with Crippen molar-refractivity contribution in [3.8, 4) is 5.75 Å². The predicted octanol–water partition coefficient (Wildman–Crippen LogP) is 2.47. The highest BCUT2D eigenvalue weighted by Gasteiger charge is 2.33. The maximum atomic E-state index is 11.6. The molecule has 3 rings (SSSR count). The first-order valence-electron chi connectivity index (χ1n) is 6.41. The van der Waals surface area contributed by atoms with Crippen molar-refractivity contribution in [1.82, 2.24) is 4.90 Å². The Balaban J connectivity index is 1.81. The molecule has 1 atom stereocenters. The first kappa shape index (κ1) is 11.3. The SMILES string of the molecule is COc1ccc(C2=CCN3C(=O)CCC3C2)cc1. The summed E-state index contributed by atoms with van der Waals surface area (Å²) >= 11 is 0. The molecule has 0 aliphatic carbocycles. The van der Waals surface area contributed by atoms with Gasteiger partial charge < -0.3 is 9.64 Å². The molecule has 2 aliphatic heterocycles. The van der Waals surface area contributed by atoms with E-state index in [0.717, 1.165) is 25.1 Å². The normalized spacial score (nSPS) is 22.7. The Morgan fingerprint density at radius 1 is 1.28 bits per heavy atom. The van der Waals surface area contributed by atoms with Crippen LogP contribution in [0.3, 0.4) is 0 Å². The van der Waals surface area contributed by atoms with Crippen molar-refractivity contribution in [2.45, 2.75) is 25.3 Å². The van der Waals surface area contributed by atoms with E-state index in [2.05, 4.69) is 18.2 Å². The zero-order valence-electron chi connectivity index (χ0n) is 10.6. The van der Waals surface area contributed by atoms with Crippen molar-refractivity contribution in [1.29, 1.82) is 0 Å². The van der Waals surface area contributed by atoms with Crippen LogP contribution in [-0.4, -0.2) is 30.5 Å². The number of hydrogen-bond donors (Lipinski definition) is 0. The van der Waals surface area contributed by atoms with E-state index < -0.39 is 0 Å². The minimum absolute atomic E-state index is 0.310. The van der Waals surface area contributed by atoms with Crippen molar-refractivity contribution in [3.63, 3.8) is 0 Å². The molecular weight excluding hydrogens is 226 g/mol. The Morgan fingerprint density at radius 2 is 2.06 bits per heavy atom. The maximum absolute atomic E-state index is 11.6. The van der Waals surface area contributed by atoms with E-state index in [9.17, 15) is 4.79 Å². The van der Waals surface area contributed by atoms with E-state index in [1.165, 1.54) is 11.1 Å². The lowest BCUT2D eigenvalue weighted by molar-refractivity contribution is -0.128. The highest BCUT2D eigenvalue weighted by molar-refractivity contribution is 5.81. The fourth-order valence-electron chi connectivity index (χ4n) is 2.84. The molecule has 1 saturated heterocycles. The second-order valence-electron chi connectivity index (χ2n) is 4.90. The summed E-state index contributed by atoms with van der Waals surface area (Å²) in [6.07, 6.45) is 4.89. The average Bonchev–Trinajstić information content (AvgIpc) is 2.80. The minimum atomic E-state index is 0.310. The Hall–Kier alpha value is -1.77. The zero-order chi connectivity index (χ0) is 12.5. The van der Waals surface area contributed by atoms with E-state index in [0.29, 0.717) is 18.4 Å². The number of benzene rings is 1. The molecule has 0 radical (unpaired) electrons. The van der Waals surface area contributed by atoms with Crippen LogP contribution in [0, 0.1) is 0 Å². The van der Waals surface area contributed by atoms with Gasteiger partial charge in [0.2, 0.25) is 5.91 Å². The number of rotatable bonds is 2. The molecule has 1 fully saturated rings. The van der Waals surface area contributed by atoms with Gasteiger partial charge in [0.1, 0.15) is 5.75 Å². The molecule has 0 N–H and O–H groups in total. The van der Waals surface area contributed by atoms with Crippen molar-refractivity contribution in [3.05, 3.63) is 35.9 Å². The number of nitrogens with zero attached hydrogens (tertiary/aromatic N) is 1. The number of carbonyl (C=O) groups excluding carboxylic acids is 1. The number of fused-ring (bicyclic) bond motifs is 1. The number of methoxy groups -OCH3 is 1. The van der Waals surface area contributed by atoms with Crippen molar-refractivity contribution < 1.29 is 9.53 Å². The number of ether oxygens (including phenoxy) is 1. The van der Waals surface area contributed by atoms with Crippen LogP contribution in [0.1, 0.15) is 24.8 Å². The van der Waals surface area contributed by atoms with Crippen LogP contribution in [-0.2, 0) is 4.79 Å². The largest absolute Gasteiger partial charge is 0.497 e. The van der Waals surface area contributed by atoms with Crippen LogP contribution in [0.5, 0.6) is 5.75 Å². The van der Waals surface area contributed by atoms with Gasteiger partial charge in [0.05, 0.1) is 7.11 Å². The molecule has 2 aliphatic rings. The van der Waals surface area contributed by atoms with E-state index in [1.807, 2.05) is 17.0 Å². The standard InChI is InChI=1S/C15H17NO2/c1-18-14-5-2-11(3-6-14)12-8-9-16-13(10-12)4-7-15(16)17/h2-3,5-6,8,13H,4,7,9-10H2,1H3. The highest BCUT2D eigenvalue weighted by Crippen LogP contribution is 2.33. The molecule has 94 valence electrons. The van der Waals surface area contributed by atoms with Crippen LogP contribution in [0.2, 0.25) is 0 Å². The van der Waals surface area contributed by atoms with Crippen LogP contribution in [0.25, 0.3) is 5.57 Å². The molecule has 1 unspecified atom stereocenters. The Labute approximate surface area is 107 Å².